The van der Waals surface area contributed by atoms with E-state index in [9.17, 15) is 9.59 Å². The van der Waals surface area contributed by atoms with Crippen molar-refractivity contribution in [2.45, 2.75) is 45.8 Å². The predicted molar refractivity (Wildman–Crippen MR) is 109 cm³/mol. The molecule has 1 aromatic heterocycles. The van der Waals surface area contributed by atoms with E-state index < -0.39 is 5.60 Å². The summed E-state index contributed by atoms with van der Waals surface area (Å²) in [4.78, 5) is 31.7. The third-order valence-corrected chi connectivity index (χ3v) is 5.43. The molecule has 8 heteroatoms. The molecule has 3 rings (SSSR count). The van der Waals surface area contributed by atoms with Crippen LogP contribution in [0.25, 0.3) is 0 Å². The smallest absolute Gasteiger partial charge is 0.410 e. The Balaban J connectivity index is 1.60. The minimum atomic E-state index is -0.517. The van der Waals surface area contributed by atoms with Gasteiger partial charge in [-0.15, -0.1) is 0 Å². The third-order valence-electron chi connectivity index (χ3n) is 3.91. The number of carbonyl (C=O) groups excluding carboxylic acids is 2. The molecule has 27 heavy (non-hydrogen) atoms. The quantitative estimate of drug-likeness (QED) is 0.751. The van der Waals surface area contributed by atoms with Crippen molar-refractivity contribution in [1.29, 1.82) is 0 Å². The number of carbonyl (C=O) groups is 2. The molecule has 0 saturated carbocycles. The molecule has 0 bridgehead atoms. The Kier molecular flexibility index (Phi) is 5.86. The zero-order valence-electron chi connectivity index (χ0n) is 15.5. The molecule has 0 spiro atoms. The lowest BCUT2D eigenvalue weighted by Crippen LogP contribution is -2.39. The molecule has 6 nitrogen and oxygen atoms in total. The van der Waals surface area contributed by atoms with Crippen molar-refractivity contribution in [3.8, 4) is 0 Å². The van der Waals surface area contributed by atoms with E-state index >= 15 is 0 Å². The molecule has 2 amide bonds. The Labute approximate surface area is 171 Å². The summed E-state index contributed by atoms with van der Waals surface area (Å²) >= 11 is 4.80. The molecule has 2 heterocycles. The van der Waals surface area contributed by atoms with Gasteiger partial charge >= 0.3 is 6.09 Å². The van der Waals surface area contributed by atoms with Gasteiger partial charge in [0.2, 0.25) is 5.91 Å². The van der Waals surface area contributed by atoms with Gasteiger partial charge < -0.3 is 15.0 Å². The molecule has 1 aliphatic heterocycles. The zero-order chi connectivity index (χ0) is 19.6. The van der Waals surface area contributed by atoms with Gasteiger partial charge in [-0.3, -0.25) is 4.79 Å². The number of hydrogen-bond donors (Lipinski definition) is 1. The molecule has 1 N–H and O–H groups in total. The van der Waals surface area contributed by atoms with Crippen molar-refractivity contribution in [2.75, 3.05) is 11.9 Å². The summed E-state index contributed by atoms with van der Waals surface area (Å²) in [5.41, 5.74) is 1.36. The molecule has 144 valence electrons. The summed E-state index contributed by atoms with van der Waals surface area (Å²) in [6.07, 6.45) is 0.636. The second kappa shape index (κ2) is 7.98. The van der Waals surface area contributed by atoms with Crippen molar-refractivity contribution >= 4 is 44.4 Å². The number of benzene rings is 1. The fourth-order valence-electron chi connectivity index (χ4n) is 2.68. The Bertz CT molecular complexity index is 843. The largest absolute Gasteiger partial charge is 0.444 e. The number of hydrogen-bond acceptors (Lipinski definition) is 5. The second-order valence-electron chi connectivity index (χ2n) is 7.39. The normalized spacial score (nSPS) is 13.9. The molecular formula is C19H22BrN3O3S. The number of rotatable bonds is 3. The molecule has 0 atom stereocenters. The first kappa shape index (κ1) is 19.8. The standard InChI is InChI=1S/C19H22BrN3O3S/c1-19(2,3)26-18(25)23-9-8-14-15(11-23)27-17(21-14)22-16(24)10-12-4-6-13(20)7-5-12/h4-7H,8-11H2,1-3H3,(H,21,22,24). The Morgan fingerprint density at radius 3 is 2.67 bits per heavy atom. The first-order valence-electron chi connectivity index (χ1n) is 8.70. The number of nitrogens with zero attached hydrogens (tertiary/aromatic N) is 2. The maximum Gasteiger partial charge on any atom is 0.410 e. The van der Waals surface area contributed by atoms with Gasteiger partial charge in [0, 0.05) is 22.3 Å². The first-order chi connectivity index (χ1) is 12.7. The summed E-state index contributed by atoms with van der Waals surface area (Å²) < 4.78 is 6.42. The van der Waals surface area contributed by atoms with Crippen LogP contribution in [0.5, 0.6) is 0 Å². The number of nitrogens with one attached hydrogen (secondary N) is 1. The van der Waals surface area contributed by atoms with Crippen molar-refractivity contribution in [3.05, 3.63) is 44.9 Å². The van der Waals surface area contributed by atoms with Crippen molar-refractivity contribution in [1.82, 2.24) is 9.88 Å². The summed E-state index contributed by atoms with van der Waals surface area (Å²) in [5, 5.41) is 3.44. The Morgan fingerprint density at radius 2 is 2.00 bits per heavy atom. The summed E-state index contributed by atoms with van der Waals surface area (Å²) in [7, 11) is 0. The maximum atomic E-state index is 12.3. The highest BCUT2D eigenvalue weighted by Gasteiger charge is 2.28. The lowest BCUT2D eigenvalue weighted by Gasteiger charge is -2.29. The van der Waals surface area contributed by atoms with Crippen LogP contribution in [0.4, 0.5) is 9.93 Å². The number of aromatic nitrogens is 1. The van der Waals surface area contributed by atoms with Crippen LogP contribution in [-0.2, 0) is 28.9 Å². The van der Waals surface area contributed by atoms with Gasteiger partial charge in [0.1, 0.15) is 5.60 Å². The van der Waals surface area contributed by atoms with Crippen LogP contribution >= 0.6 is 27.3 Å². The second-order valence-corrected chi connectivity index (χ2v) is 9.39. The third kappa shape index (κ3) is 5.52. The van der Waals surface area contributed by atoms with E-state index in [1.807, 2.05) is 45.0 Å². The molecular weight excluding hydrogens is 430 g/mol. The minimum absolute atomic E-state index is 0.104. The van der Waals surface area contributed by atoms with E-state index in [1.165, 1.54) is 11.3 Å². The van der Waals surface area contributed by atoms with Gasteiger partial charge in [-0.1, -0.05) is 39.4 Å². The van der Waals surface area contributed by atoms with E-state index in [0.717, 1.165) is 20.6 Å². The fourth-order valence-corrected chi connectivity index (χ4v) is 3.99. The summed E-state index contributed by atoms with van der Waals surface area (Å²) in [6.45, 7) is 6.59. The van der Waals surface area contributed by atoms with Crippen LogP contribution in [0.3, 0.4) is 0 Å². The Morgan fingerprint density at radius 1 is 1.30 bits per heavy atom. The molecule has 2 aromatic rings. The number of anilines is 1. The Hall–Kier alpha value is -1.93. The minimum Gasteiger partial charge on any atom is -0.444 e. The summed E-state index contributed by atoms with van der Waals surface area (Å²) in [6, 6.07) is 7.65. The molecule has 0 radical (unpaired) electrons. The monoisotopic (exact) mass is 451 g/mol. The zero-order valence-corrected chi connectivity index (χ0v) is 17.9. The van der Waals surface area contributed by atoms with E-state index in [2.05, 4.69) is 26.2 Å². The number of thiazole rings is 1. The van der Waals surface area contributed by atoms with Crippen LogP contribution in [-0.4, -0.2) is 34.0 Å². The van der Waals surface area contributed by atoms with Crippen LogP contribution in [0.2, 0.25) is 0 Å². The summed E-state index contributed by atoms with van der Waals surface area (Å²) in [5.74, 6) is -0.104. The number of halogens is 1. The van der Waals surface area contributed by atoms with Gasteiger partial charge in [-0.05, 0) is 38.5 Å². The van der Waals surface area contributed by atoms with E-state index in [0.29, 0.717) is 31.1 Å². The highest BCUT2D eigenvalue weighted by molar-refractivity contribution is 9.10. The van der Waals surface area contributed by atoms with Gasteiger partial charge in [-0.2, -0.15) is 0 Å². The van der Waals surface area contributed by atoms with Gasteiger partial charge in [0.25, 0.3) is 0 Å². The van der Waals surface area contributed by atoms with Crippen LogP contribution in [0.15, 0.2) is 28.7 Å². The number of amides is 2. The van der Waals surface area contributed by atoms with Crippen molar-refractivity contribution in [3.63, 3.8) is 0 Å². The molecule has 0 fully saturated rings. The molecule has 0 aliphatic carbocycles. The molecule has 0 saturated heterocycles. The maximum absolute atomic E-state index is 12.3. The SMILES string of the molecule is CC(C)(C)OC(=O)N1CCc2nc(NC(=O)Cc3ccc(Br)cc3)sc2C1. The van der Waals surface area contributed by atoms with Crippen molar-refractivity contribution in [2.24, 2.45) is 0 Å². The van der Waals surface area contributed by atoms with Crippen molar-refractivity contribution < 1.29 is 14.3 Å². The van der Waals surface area contributed by atoms with Gasteiger partial charge in [0.15, 0.2) is 5.13 Å². The lowest BCUT2D eigenvalue weighted by molar-refractivity contribution is -0.115. The van der Waals surface area contributed by atoms with Crippen LogP contribution < -0.4 is 5.32 Å². The van der Waals surface area contributed by atoms with Gasteiger partial charge in [0.05, 0.1) is 18.7 Å². The highest BCUT2D eigenvalue weighted by Crippen LogP contribution is 2.29. The molecule has 1 aromatic carbocycles. The van der Waals surface area contributed by atoms with E-state index in [4.69, 9.17) is 4.74 Å². The highest BCUT2D eigenvalue weighted by atomic mass is 79.9. The first-order valence-corrected chi connectivity index (χ1v) is 10.3. The lowest BCUT2D eigenvalue weighted by atomic mass is 10.1. The number of fused-ring (bicyclic) bond motifs is 1. The van der Waals surface area contributed by atoms with Gasteiger partial charge in [-0.25, -0.2) is 9.78 Å². The van der Waals surface area contributed by atoms with Crippen LogP contribution in [0, 0.1) is 0 Å². The number of ether oxygens (including phenoxy) is 1. The predicted octanol–water partition coefficient (Wildman–Crippen LogP) is 4.38. The fraction of sp³-hybridized carbons (Fsp3) is 0.421. The van der Waals surface area contributed by atoms with Crippen LogP contribution in [0.1, 0.15) is 36.9 Å². The molecule has 0 unspecified atom stereocenters. The average molecular weight is 452 g/mol. The topological polar surface area (TPSA) is 71.5 Å². The van der Waals surface area contributed by atoms with E-state index in [1.54, 1.807) is 4.90 Å². The average Bonchev–Trinajstić information content (AvgIpc) is 2.96. The molecule has 1 aliphatic rings. The van der Waals surface area contributed by atoms with E-state index in [-0.39, 0.29) is 12.0 Å².